The average Bonchev–Trinajstić information content (AvgIpc) is 3.54. The van der Waals surface area contributed by atoms with Crippen LogP contribution < -0.4 is 10.2 Å². The molecule has 1 unspecified atom stereocenters. The molecule has 2 aromatic heterocycles. The molecule has 0 bridgehead atoms. The summed E-state index contributed by atoms with van der Waals surface area (Å²) >= 11 is 3.03. The van der Waals surface area contributed by atoms with E-state index in [9.17, 15) is 9.59 Å². The first-order valence-corrected chi connectivity index (χ1v) is 11.6. The number of nitrogens with one attached hydrogen (secondary N) is 1. The van der Waals surface area contributed by atoms with Gasteiger partial charge in [0.25, 0.3) is 5.91 Å². The van der Waals surface area contributed by atoms with Crippen LogP contribution in [0.1, 0.15) is 18.6 Å². The number of furan rings is 1. The van der Waals surface area contributed by atoms with E-state index in [1.165, 1.54) is 11.8 Å². The second-order valence-electron chi connectivity index (χ2n) is 7.52. The molecule has 1 N–H and O–H groups in total. The van der Waals surface area contributed by atoms with Crippen LogP contribution in [-0.4, -0.2) is 21.7 Å². The minimum absolute atomic E-state index is 0.0104. The zero-order chi connectivity index (χ0) is 21.0. The molecule has 31 heavy (non-hydrogen) atoms. The maximum absolute atomic E-state index is 13.3. The molecule has 2 amide bonds. The van der Waals surface area contributed by atoms with Crippen LogP contribution in [0.15, 0.2) is 70.0 Å². The number of rotatable bonds is 4. The van der Waals surface area contributed by atoms with E-state index in [0.717, 1.165) is 25.8 Å². The summed E-state index contributed by atoms with van der Waals surface area (Å²) in [7, 11) is 0. The molecule has 2 aliphatic heterocycles. The second kappa shape index (κ2) is 6.96. The first-order valence-electron chi connectivity index (χ1n) is 9.98. The van der Waals surface area contributed by atoms with Crippen molar-refractivity contribution in [3.63, 3.8) is 0 Å². The Balaban J connectivity index is 1.21. The fourth-order valence-electron chi connectivity index (χ4n) is 4.17. The lowest BCUT2D eigenvalue weighted by atomic mass is 10.2. The van der Waals surface area contributed by atoms with Crippen LogP contribution in [0, 0.1) is 0 Å². The van der Waals surface area contributed by atoms with E-state index in [4.69, 9.17) is 4.42 Å². The van der Waals surface area contributed by atoms with Crippen LogP contribution in [0.25, 0.3) is 21.0 Å². The summed E-state index contributed by atoms with van der Waals surface area (Å²) in [5.41, 5.74) is 1.76. The number of hydrogen-bond acceptors (Lipinski definition) is 6. The van der Waals surface area contributed by atoms with Gasteiger partial charge < -0.3 is 9.73 Å². The van der Waals surface area contributed by atoms with Crippen molar-refractivity contribution >= 4 is 50.8 Å². The Morgan fingerprint density at radius 3 is 2.87 bits per heavy atom. The summed E-state index contributed by atoms with van der Waals surface area (Å²) in [6.07, 6.45) is 0.864. The molecular weight excluding hydrogens is 430 g/mol. The zero-order valence-electron chi connectivity index (χ0n) is 16.3. The topological polar surface area (TPSA) is 75.4 Å². The second-order valence-corrected chi connectivity index (χ2v) is 9.87. The van der Waals surface area contributed by atoms with E-state index in [2.05, 4.69) is 10.3 Å². The Hall–Kier alpha value is -3.10. The predicted molar refractivity (Wildman–Crippen MR) is 121 cm³/mol. The van der Waals surface area contributed by atoms with Crippen LogP contribution in [0.4, 0.5) is 5.69 Å². The normalized spacial score (nSPS) is 19.6. The monoisotopic (exact) mass is 447 g/mol. The molecule has 2 aliphatic rings. The van der Waals surface area contributed by atoms with Gasteiger partial charge in [0.1, 0.15) is 5.76 Å². The molecule has 154 valence electrons. The summed E-state index contributed by atoms with van der Waals surface area (Å²) in [4.78, 5) is 32.1. The molecule has 6 rings (SSSR count). The molecule has 2 aromatic carbocycles. The molecule has 4 aromatic rings. The average molecular weight is 448 g/mol. The number of fused-ring (bicyclic) bond motifs is 4. The number of carbonyl (C=O) groups is 2. The standard InChI is InChI=1S/C23H17N3O3S2/c27-20-11-12-23(26(20)16-6-2-4-8-19(16)31-23)22(28)24-13-14-9-10-17(29-14)21-25-15-5-1-3-7-18(15)30-21/h1-10H,11-13H2,(H,24,28). The van der Waals surface area contributed by atoms with E-state index >= 15 is 0 Å². The molecular formula is C23H17N3O3S2. The van der Waals surface area contributed by atoms with Gasteiger partial charge in [-0.2, -0.15) is 0 Å². The van der Waals surface area contributed by atoms with Gasteiger partial charge >= 0.3 is 0 Å². The van der Waals surface area contributed by atoms with Gasteiger partial charge in [-0.15, -0.1) is 11.3 Å². The molecule has 1 saturated heterocycles. The Labute approximate surface area is 186 Å². The molecule has 0 spiro atoms. The fourth-order valence-corrected chi connectivity index (χ4v) is 6.53. The predicted octanol–water partition coefficient (Wildman–Crippen LogP) is 4.80. The number of nitrogens with zero attached hydrogens (tertiary/aromatic N) is 2. The van der Waals surface area contributed by atoms with Crippen molar-refractivity contribution in [2.75, 3.05) is 4.90 Å². The lowest BCUT2D eigenvalue weighted by molar-refractivity contribution is -0.125. The van der Waals surface area contributed by atoms with Crippen molar-refractivity contribution in [2.24, 2.45) is 0 Å². The van der Waals surface area contributed by atoms with Crippen LogP contribution in [0.5, 0.6) is 0 Å². The summed E-state index contributed by atoms with van der Waals surface area (Å²) < 4.78 is 7.05. The van der Waals surface area contributed by atoms with Gasteiger partial charge in [-0.3, -0.25) is 14.5 Å². The zero-order valence-corrected chi connectivity index (χ0v) is 18.0. The van der Waals surface area contributed by atoms with E-state index in [1.807, 2.05) is 60.7 Å². The van der Waals surface area contributed by atoms with Crippen molar-refractivity contribution in [3.05, 3.63) is 66.4 Å². The molecule has 0 saturated carbocycles. The number of hydrogen-bond donors (Lipinski definition) is 1. The lowest BCUT2D eigenvalue weighted by Gasteiger charge is -2.29. The molecule has 4 heterocycles. The molecule has 8 heteroatoms. The van der Waals surface area contributed by atoms with E-state index in [-0.39, 0.29) is 18.4 Å². The maximum Gasteiger partial charge on any atom is 0.257 e. The van der Waals surface area contributed by atoms with Crippen molar-refractivity contribution in [1.82, 2.24) is 10.3 Å². The van der Waals surface area contributed by atoms with Gasteiger partial charge in [0.05, 0.1) is 22.4 Å². The number of thioether (sulfide) groups is 1. The molecule has 6 nitrogen and oxygen atoms in total. The number of para-hydroxylation sites is 2. The smallest absolute Gasteiger partial charge is 0.257 e. The number of thiazole rings is 1. The van der Waals surface area contributed by atoms with Crippen molar-refractivity contribution in [2.45, 2.75) is 29.2 Å². The highest BCUT2D eigenvalue weighted by Crippen LogP contribution is 2.55. The van der Waals surface area contributed by atoms with Gasteiger partial charge in [-0.05, 0) is 42.8 Å². The summed E-state index contributed by atoms with van der Waals surface area (Å²) in [5.74, 6) is 1.15. The highest BCUT2D eigenvalue weighted by atomic mass is 32.2. The number of benzene rings is 2. The third-order valence-electron chi connectivity index (χ3n) is 5.62. The van der Waals surface area contributed by atoms with Crippen LogP contribution in [0.3, 0.4) is 0 Å². The van der Waals surface area contributed by atoms with Gasteiger partial charge in [0, 0.05) is 11.3 Å². The summed E-state index contributed by atoms with van der Waals surface area (Å²) in [6, 6.07) is 19.4. The highest BCUT2D eigenvalue weighted by molar-refractivity contribution is 8.02. The number of carbonyl (C=O) groups excluding carboxylic acids is 2. The number of anilines is 1. The SMILES string of the molecule is O=C1CCC2(C(=O)NCc3ccc(-c4nc5ccccc5s4)o3)Sc3ccccc3N12. The van der Waals surface area contributed by atoms with Crippen LogP contribution in [0.2, 0.25) is 0 Å². The Bertz CT molecular complexity index is 1310. The molecule has 1 atom stereocenters. The Morgan fingerprint density at radius 1 is 1.13 bits per heavy atom. The first-order chi connectivity index (χ1) is 15.1. The van der Waals surface area contributed by atoms with Gasteiger partial charge in [-0.1, -0.05) is 36.0 Å². The van der Waals surface area contributed by atoms with Crippen molar-refractivity contribution in [1.29, 1.82) is 0 Å². The first kappa shape index (κ1) is 18.7. The third kappa shape index (κ3) is 2.90. The van der Waals surface area contributed by atoms with Crippen LogP contribution in [-0.2, 0) is 16.1 Å². The summed E-state index contributed by atoms with van der Waals surface area (Å²) in [5, 5.41) is 3.80. The van der Waals surface area contributed by atoms with Crippen molar-refractivity contribution in [3.8, 4) is 10.8 Å². The molecule has 0 aliphatic carbocycles. The van der Waals surface area contributed by atoms with E-state index in [0.29, 0.717) is 24.4 Å². The van der Waals surface area contributed by atoms with Crippen LogP contribution >= 0.6 is 23.1 Å². The van der Waals surface area contributed by atoms with Crippen molar-refractivity contribution < 1.29 is 14.0 Å². The quantitative estimate of drug-likeness (QED) is 0.486. The minimum atomic E-state index is -0.913. The van der Waals surface area contributed by atoms with Gasteiger partial charge in [0.15, 0.2) is 15.6 Å². The Kier molecular flexibility index (Phi) is 4.19. The number of amides is 2. The largest absolute Gasteiger partial charge is 0.457 e. The van der Waals surface area contributed by atoms with E-state index in [1.54, 1.807) is 16.2 Å². The lowest BCUT2D eigenvalue weighted by Crippen LogP contribution is -2.52. The molecule has 0 radical (unpaired) electrons. The number of aromatic nitrogens is 1. The molecule has 1 fully saturated rings. The van der Waals surface area contributed by atoms with Gasteiger partial charge in [0.2, 0.25) is 5.91 Å². The summed E-state index contributed by atoms with van der Waals surface area (Å²) in [6.45, 7) is 0.254. The Morgan fingerprint density at radius 2 is 1.97 bits per heavy atom. The minimum Gasteiger partial charge on any atom is -0.457 e. The highest BCUT2D eigenvalue weighted by Gasteiger charge is 2.57. The van der Waals surface area contributed by atoms with E-state index < -0.39 is 4.87 Å². The maximum atomic E-state index is 13.3. The fraction of sp³-hybridized carbons (Fsp3) is 0.174. The van der Waals surface area contributed by atoms with Gasteiger partial charge in [-0.25, -0.2) is 4.98 Å². The third-order valence-corrected chi connectivity index (χ3v) is 8.14.